The van der Waals surface area contributed by atoms with Crippen LogP contribution < -0.4 is 5.32 Å². The van der Waals surface area contributed by atoms with Gasteiger partial charge >= 0.3 is 0 Å². The Morgan fingerprint density at radius 2 is 2.04 bits per heavy atom. The molecular formula is C19H20ClFN2O3. The first-order valence-electron chi connectivity index (χ1n) is 8.70. The van der Waals surface area contributed by atoms with E-state index in [-0.39, 0.29) is 40.4 Å². The number of aromatic nitrogens is 1. The van der Waals surface area contributed by atoms with E-state index in [0.717, 1.165) is 31.7 Å². The molecule has 3 rings (SSSR count). The molecule has 1 saturated carbocycles. The predicted octanol–water partition coefficient (Wildman–Crippen LogP) is 4.26. The molecule has 1 amide bonds. The second kappa shape index (κ2) is 7.99. The number of amides is 1. The number of nitrogens with one attached hydrogen (secondary N) is 1. The van der Waals surface area contributed by atoms with Gasteiger partial charge in [-0.25, -0.2) is 4.39 Å². The van der Waals surface area contributed by atoms with Crippen molar-refractivity contribution in [1.29, 1.82) is 0 Å². The van der Waals surface area contributed by atoms with Crippen molar-refractivity contribution < 1.29 is 18.5 Å². The Hall–Kier alpha value is -2.21. The van der Waals surface area contributed by atoms with Crippen LogP contribution in [0, 0.1) is 12.7 Å². The molecule has 1 aliphatic carbocycles. The molecule has 1 aliphatic rings. The maximum Gasteiger partial charge on any atom is 0.257 e. The topological polar surface area (TPSA) is 72.2 Å². The summed E-state index contributed by atoms with van der Waals surface area (Å²) >= 11 is 5.94. The van der Waals surface area contributed by atoms with Gasteiger partial charge in [0.25, 0.3) is 5.91 Å². The number of carbonyl (C=O) groups is 2. The van der Waals surface area contributed by atoms with Gasteiger partial charge in [-0.2, -0.15) is 0 Å². The molecule has 138 valence electrons. The minimum atomic E-state index is -0.517. The Balaban J connectivity index is 1.76. The van der Waals surface area contributed by atoms with Gasteiger partial charge in [-0.3, -0.25) is 9.59 Å². The van der Waals surface area contributed by atoms with Crippen LogP contribution in [0.25, 0.3) is 0 Å². The van der Waals surface area contributed by atoms with Gasteiger partial charge in [0.2, 0.25) is 0 Å². The first-order valence-corrected chi connectivity index (χ1v) is 9.07. The molecule has 1 aromatic carbocycles. The molecule has 26 heavy (non-hydrogen) atoms. The number of carbonyl (C=O) groups excluding carboxylic acids is 2. The van der Waals surface area contributed by atoms with Gasteiger partial charge in [-0.05, 0) is 38.0 Å². The summed E-state index contributed by atoms with van der Waals surface area (Å²) in [6.45, 7) is 1.64. The highest BCUT2D eigenvalue weighted by Crippen LogP contribution is 2.22. The van der Waals surface area contributed by atoms with Crippen LogP contribution in [0.4, 0.5) is 4.39 Å². The van der Waals surface area contributed by atoms with E-state index >= 15 is 0 Å². The van der Waals surface area contributed by atoms with E-state index in [9.17, 15) is 14.0 Å². The molecule has 0 radical (unpaired) electrons. The molecule has 0 atom stereocenters. The monoisotopic (exact) mass is 378 g/mol. The SMILES string of the molecule is Cc1onc(CC(=O)c2ccc(F)cc2Cl)c1C(=O)NC1CCCCC1. The minimum Gasteiger partial charge on any atom is -0.361 e. The lowest BCUT2D eigenvalue weighted by Gasteiger charge is -2.22. The van der Waals surface area contributed by atoms with E-state index in [2.05, 4.69) is 10.5 Å². The fraction of sp³-hybridized carbons (Fsp3) is 0.421. The molecule has 0 saturated heterocycles. The maximum absolute atomic E-state index is 13.2. The van der Waals surface area contributed by atoms with Gasteiger partial charge < -0.3 is 9.84 Å². The van der Waals surface area contributed by atoms with Crippen molar-refractivity contribution in [3.05, 3.63) is 51.6 Å². The van der Waals surface area contributed by atoms with Gasteiger partial charge in [0.1, 0.15) is 22.8 Å². The van der Waals surface area contributed by atoms with Crippen LogP contribution >= 0.6 is 11.6 Å². The van der Waals surface area contributed by atoms with Crippen LogP contribution in [-0.2, 0) is 6.42 Å². The van der Waals surface area contributed by atoms with Crippen LogP contribution in [0.1, 0.15) is 64.3 Å². The zero-order chi connectivity index (χ0) is 18.7. The molecule has 1 fully saturated rings. The van der Waals surface area contributed by atoms with Gasteiger partial charge in [0.05, 0.1) is 11.4 Å². The van der Waals surface area contributed by atoms with Crippen molar-refractivity contribution in [2.45, 2.75) is 51.5 Å². The second-order valence-electron chi connectivity index (χ2n) is 6.59. The zero-order valence-corrected chi connectivity index (χ0v) is 15.2. The van der Waals surface area contributed by atoms with Crippen LogP contribution in [0.2, 0.25) is 5.02 Å². The van der Waals surface area contributed by atoms with Crippen LogP contribution in [0.15, 0.2) is 22.7 Å². The number of rotatable bonds is 5. The summed E-state index contributed by atoms with van der Waals surface area (Å²) < 4.78 is 18.3. The molecule has 1 heterocycles. The molecule has 2 aromatic rings. The Morgan fingerprint density at radius 3 is 2.73 bits per heavy atom. The molecule has 0 unspecified atom stereocenters. The highest BCUT2D eigenvalue weighted by atomic mass is 35.5. The molecule has 0 spiro atoms. The van der Waals surface area contributed by atoms with E-state index in [0.29, 0.717) is 11.3 Å². The van der Waals surface area contributed by atoms with Crippen molar-refractivity contribution in [3.8, 4) is 0 Å². The second-order valence-corrected chi connectivity index (χ2v) is 7.00. The van der Waals surface area contributed by atoms with E-state index in [1.54, 1.807) is 6.92 Å². The van der Waals surface area contributed by atoms with Gasteiger partial charge in [0, 0.05) is 11.6 Å². The number of Topliss-reactive ketones (excluding diaryl/α,β-unsaturated/α-hetero) is 1. The van der Waals surface area contributed by atoms with Gasteiger partial charge in [-0.15, -0.1) is 0 Å². The third-order valence-corrected chi connectivity index (χ3v) is 4.97. The number of halogens is 2. The lowest BCUT2D eigenvalue weighted by molar-refractivity contribution is 0.0925. The Kier molecular flexibility index (Phi) is 5.71. The third kappa shape index (κ3) is 4.12. The van der Waals surface area contributed by atoms with Crippen LogP contribution in [-0.4, -0.2) is 22.9 Å². The lowest BCUT2D eigenvalue weighted by atomic mass is 9.95. The quantitative estimate of drug-likeness (QED) is 0.789. The van der Waals surface area contributed by atoms with Crippen molar-refractivity contribution in [2.24, 2.45) is 0 Å². The number of nitrogens with zero attached hydrogens (tertiary/aromatic N) is 1. The summed E-state index contributed by atoms with van der Waals surface area (Å²) in [5.41, 5.74) is 0.746. The van der Waals surface area contributed by atoms with Crippen LogP contribution in [0.5, 0.6) is 0 Å². The summed E-state index contributed by atoms with van der Waals surface area (Å²) in [6.07, 6.45) is 5.15. The first-order chi connectivity index (χ1) is 12.5. The Morgan fingerprint density at radius 1 is 1.31 bits per heavy atom. The van der Waals surface area contributed by atoms with Crippen molar-refractivity contribution in [3.63, 3.8) is 0 Å². The fourth-order valence-electron chi connectivity index (χ4n) is 3.30. The average molecular weight is 379 g/mol. The summed E-state index contributed by atoms with van der Waals surface area (Å²) in [5.74, 6) is -0.777. The molecule has 0 aliphatic heterocycles. The number of ketones is 1. The maximum atomic E-state index is 13.2. The van der Waals surface area contributed by atoms with E-state index in [1.165, 1.54) is 18.6 Å². The summed E-state index contributed by atoms with van der Waals surface area (Å²) in [7, 11) is 0. The van der Waals surface area contributed by atoms with Crippen molar-refractivity contribution in [2.75, 3.05) is 0 Å². The van der Waals surface area contributed by atoms with Gasteiger partial charge in [0.15, 0.2) is 5.78 Å². The summed E-state index contributed by atoms with van der Waals surface area (Å²) in [4.78, 5) is 25.1. The summed E-state index contributed by atoms with van der Waals surface area (Å²) in [6, 6.07) is 3.72. The van der Waals surface area contributed by atoms with E-state index in [1.807, 2.05) is 0 Å². The summed E-state index contributed by atoms with van der Waals surface area (Å²) in [5, 5.41) is 6.91. The highest BCUT2D eigenvalue weighted by molar-refractivity contribution is 6.34. The van der Waals surface area contributed by atoms with E-state index in [4.69, 9.17) is 16.1 Å². The number of aryl methyl sites for hydroxylation is 1. The van der Waals surface area contributed by atoms with Crippen LogP contribution in [0.3, 0.4) is 0 Å². The molecule has 0 bridgehead atoms. The Labute approximate surface area is 155 Å². The standard InChI is InChI=1S/C19H20ClFN2O3/c1-11-18(19(25)22-13-5-3-2-4-6-13)16(23-26-11)10-17(24)14-8-7-12(21)9-15(14)20/h7-9,13H,2-6,10H2,1H3,(H,22,25). The van der Waals surface area contributed by atoms with E-state index < -0.39 is 5.82 Å². The number of hydrogen-bond acceptors (Lipinski definition) is 4. The molecular weight excluding hydrogens is 359 g/mol. The smallest absolute Gasteiger partial charge is 0.257 e. The molecule has 7 heteroatoms. The highest BCUT2D eigenvalue weighted by Gasteiger charge is 2.25. The van der Waals surface area contributed by atoms with Crippen molar-refractivity contribution in [1.82, 2.24) is 10.5 Å². The predicted molar refractivity (Wildman–Crippen MR) is 95.0 cm³/mol. The molecule has 1 N–H and O–H groups in total. The molecule has 5 nitrogen and oxygen atoms in total. The number of hydrogen-bond donors (Lipinski definition) is 1. The molecule has 1 aromatic heterocycles. The number of benzene rings is 1. The Bertz CT molecular complexity index is 828. The van der Waals surface area contributed by atoms with Crippen molar-refractivity contribution >= 4 is 23.3 Å². The first kappa shape index (κ1) is 18.6. The normalized spacial score (nSPS) is 15.0. The van der Waals surface area contributed by atoms with Gasteiger partial charge in [-0.1, -0.05) is 36.0 Å². The zero-order valence-electron chi connectivity index (χ0n) is 14.5. The fourth-order valence-corrected chi connectivity index (χ4v) is 3.57. The lowest BCUT2D eigenvalue weighted by Crippen LogP contribution is -2.36. The third-order valence-electron chi connectivity index (χ3n) is 4.66. The average Bonchev–Trinajstić information content (AvgIpc) is 2.96. The minimum absolute atomic E-state index is 0.0309. The largest absolute Gasteiger partial charge is 0.361 e.